The summed E-state index contributed by atoms with van der Waals surface area (Å²) in [6.07, 6.45) is 8.07. The molecule has 0 aliphatic rings. The summed E-state index contributed by atoms with van der Waals surface area (Å²) in [6.45, 7) is 33.2. The van der Waals surface area contributed by atoms with Gasteiger partial charge in [-0.25, -0.2) is 0 Å². The van der Waals surface area contributed by atoms with E-state index in [0.29, 0.717) is 36.6 Å². The van der Waals surface area contributed by atoms with Crippen molar-refractivity contribution >= 4 is 6.79 Å². The summed E-state index contributed by atoms with van der Waals surface area (Å²) in [5.74, 6) is 2.12. The predicted octanol–water partition coefficient (Wildman–Crippen LogP) is 7.39. The highest BCUT2D eigenvalue weighted by atomic mass is 16.5. The molecule has 0 fully saturated rings. The summed E-state index contributed by atoms with van der Waals surface area (Å²) in [5.41, 5.74) is 3.79. The fourth-order valence-corrected chi connectivity index (χ4v) is 2.04. The zero-order chi connectivity index (χ0) is 25.7. The molecule has 0 aliphatic carbocycles. The minimum absolute atomic E-state index is 0.407. The molecule has 0 rings (SSSR count). The van der Waals surface area contributed by atoms with Crippen LogP contribution < -0.4 is 0 Å². The first-order chi connectivity index (χ1) is 15.0. The molecule has 0 saturated carbocycles. The fraction of sp³-hybridized carbons (Fsp3) is 0.464. The van der Waals surface area contributed by atoms with Gasteiger partial charge < -0.3 is 19.0 Å². The van der Waals surface area contributed by atoms with Gasteiger partial charge in [-0.2, -0.15) is 0 Å². The van der Waals surface area contributed by atoms with Gasteiger partial charge in [0, 0.05) is 7.11 Å². The number of carbonyl (C=O) groups excluding carboxylic acids is 1. The van der Waals surface area contributed by atoms with Crippen LogP contribution >= 0.6 is 0 Å². The molecule has 0 spiro atoms. The Morgan fingerprint density at radius 3 is 1.81 bits per heavy atom. The summed E-state index contributed by atoms with van der Waals surface area (Å²) in [5, 5.41) is 0. The second-order valence-electron chi connectivity index (χ2n) is 8.02. The van der Waals surface area contributed by atoms with Gasteiger partial charge in [-0.05, 0) is 49.3 Å². The first-order valence-corrected chi connectivity index (χ1v) is 10.7. The summed E-state index contributed by atoms with van der Waals surface area (Å²) < 4.78 is 15.8. The molecule has 0 amide bonds. The average Bonchev–Trinajstić information content (AvgIpc) is 2.75. The van der Waals surface area contributed by atoms with Crippen LogP contribution in [0, 0.1) is 11.8 Å². The van der Waals surface area contributed by atoms with Gasteiger partial charge >= 0.3 is 0 Å². The van der Waals surface area contributed by atoms with Crippen LogP contribution in [0.25, 0.3) is 0 Å². The van der Waals surface area contributed by atoms with Crippen LogP contribution in [-0.4, -0.2) is 34.2 Å². The van der Waals surface area contributed by atoms with E-state index in [1.54, 1.807) is 20.3 Å². The van der Waals surface area contributed by atoms with Gasteiger partial charge in [-0.3, -0.25) is 0 Å². The summed E-state index contributed by atoms with van der Waals surface area (Å²) >= 11 is 0. The van der Waals surface area contributed by atoms with E-state index < -0.39 is 0 Å². The highest BCUT2D eigenvalue weighted by Gasteiger charge is 2.08. The summed E-state index contributed by atoms with van der Waals surface area (Å²) in [4.78, 5) is 8.00. The third kappa shape index (κ3) is 20.7. The SMILES string of the molecule is C=C(/C=C\C(=C)C(C)CCC(C)C)C(=C)/C=C(/OCCOC)C(=C)OC.C=C(C)C.C=O. The van der Waals surface area contributed by atoms with Gasteiger partial charge in [0.05, 0.1) is 13.7 Å². The number of rotatable bonds is 14. The lowest BCUT2D eigenvalue weighted by molar-refractivity contribution is -0.0979. The molecule has 1 unspecified atom stereocenters. The monoisotopic (exact) mass is 446 g/mol. The first kappa shape index (κ1) is 34.0. The van der Waals surface area contributed by atoms with Crippen molar-refractivity contribution in [3.05, 3.63) is 84.9 Å². The lowest BCUT2D eigenvalue weighted by atomic mass is 9.93. The number of methoxy groups -OCH3 is 2. The maximum absolute atomic E-state index is 8.00. The predicted molar refractivity (Wildman–Crippen MR) is 139 cm³/mol. The number of ether oxygens (including phenoxy) is 3. The third-order valence-electron chi connectivity index (χ3n) is 4.09. The average molecular weight is 447 g/mol. The molecule has 4 heteroatoms. The standard InChI is InChI=1S/C23H36O3.C4H8.CH2O/c1-17(2)10-11-18(3)19(4)12-13-20(5)21(6)16-23(22(7)25-9)26-15-14-24-8;1-4(2)3;1-2/h12-13,16-18H,4-7,10-11,14-15H2,1-3,8-9H3;1H2,2-3H3;1H2/b13-12-,23-16+;;. The lowest BCUT2D eigenvalue weighted by Crippen LogP contribution is -2.04. The van der Waals surface area contributed by atoms with Crippen molar-refractivity contribution in [3.8, 4) is 0 Å². The van der Waals surface area contributed by atoms with Crippen LogP contribution in [0.3, 0.4) is 0 Å². The zero-order valence-electron chi connectivity index (χ0n) is 21.6. The van der Waals surface area contributed by atoms with E-state index in [1.165, 1.54) is 12.0 Å². The van der Waals surface area contributed by atoms with E-state index in [0.717, 1.165) is 23.1 Å². The third-order valence-corrected chi connectivity index (χ3v) is 4.09. The Hall–Kier alpha value is -2.59. The smallest absolute Gasteiger partial charge is 0.161 e. The molecule has 32 heavy (non-hydrogen) atoms. The Labute approximate surface area is 197 Å². The quantitative estimate of drug-likeness (QED) is 0.121. The molecule has 0 bridgehead atoms. The highest BCUT2D eigenvalue weighted by molar-refractivity contribution is 5.46. The van der Waals surface area contributed by atoms with Crippen LogP contribution in [0.4, 0.5) is 0 Å². The first-order valence-electron chi connectivity index (χ1n) is 10.7. The zero-order valence-corrected chi connectivity index (χ0v) is 21.6. The van der Waals surface area contributed by atoms with Crippen LogP contribution in [0.5, 0.6) is 0 Å². The molecule has 4 nitrogen and oxygen atoms in total. The fourth-order valence-electron chi connectivity index (χ4n) is 2.04. The van der Waals surface area contributed by atoms with Gasteiger partial charge in [0.2, 0.25) is 0 Å². The van der Waals surface area contributed by atoms with Crippen molar-refractivity contribution in [2.24, 2.45) is 11.8 Å². The molecule has 0 radical (unpaired) electrons. The lowest BCUT2D eigenvalue weighted by Gasteiger charge is -2.14. The van der Waals surface area contributed by atoms with Crippen molar-refractivity contribution < 1.29 is 19.0 Å². The van der Waals surface area contributed by atoms with E-state index in [4.69, 9.17) is 19.0 Å². The molecule has 0 aromatic carbocycles. The van der Waals surface area contributed by atoms with Gasteiger partial charge in [-0.1, -0.05) is 76.8 Å². The van der Waals surface area contributed by atoms with Crippen molar-refractivity contribution in [2.75, 3.05) is 27.4 Å². The molecule has 0 saturated heterocycles. The topological polar surface area (TPSA) is 44.8 Å². The van der Waals surface area contributed by atoms with Gasteiger partial charge in [0.1, 0.15) is 13.4 Å². The molecule has 0 N–H and O–H groups in total. The van der Waals surface area contributed by atoms with Crippen LogP contribution in [0.2, 0.25) is 0 Å². The Balaban J connectivity index is -0.00000125. The maximum Gasteiger partial charge on any atom is 0.161 e. The van der Waals surface area contributed by atoms with E-state index >= 15 is 0 Å². The molecule has 0 heterocycles. The molecule has 1 atom stereocenters. The van der Waals surface area contributed by atoms with Crippen LogP contribution in [-0.2, 0) is 19.0 Å². The number of hydrogen-bond acceptors (Lipinski definition) is 4. The Kier molecular flexibility index (Phi) is 23.0. The van der Waals surface area contributed by atoms with Gasteiger partial charge in [-0.15, -0.1) is 6.58 Å². The minimum Gasteiger partial charge on any atom is -0.493 e. The summed E-state index contributed by atoms with van der Waals surface area (Å²) in [6, 6.07) is 0. The number of hydrogen-bond donors (Lipinski definition) is 0. The number of allylic oxidation sites excluding steroid dienone is 7. The van der Waals surface area contributed by atoms with Gasteiger partial charge in [0.15, 0.2) is 11.5 Å². The molecule has 0 aromatic rings. The number of carbonyl (C=O) groups is 1. The van der Waals surface area contributed by atoms with E-state index in [2.05, 4.69) is 53.7 Å². The molecular formula is C28H46O4. The largest absolute Gasteiger partial charge is 0.493 e. The second kappa shape index (κ2) is 21.6. The van der Waals surface area contributed by atoms with Crippen molar-refractivity contribution in [1.29, 1.82) is 0 Å². The molecule has 182 valence electrons. The van der Waals surface area contributed by atoms with Crippen LogP contribution in [0.1, 0.15) is 47.5 Å². The minimum atomic E-state index is 0.407. The van der Waals surface area contributed by atoms with Gasteiger partial charge in [0.25, 0.3) is 0 Å². The van der Waals surface area contributed by atoms with Crippen molar-refractivity contribution in [1.82, 2.24) is 0 Å². The van der Waals surface area contributed by atoms with Crippen LogP contribution in [0.15, 0.2) is 84.9 Å². The molecular weight excluding hydrogens is 400 g/mol. The van der Waals surface area contributed by atoms with E-state index in [1.807, 2.05) is 32.8 Å². The Morgan fingerprint density at radius 1 is 0.844 bits per heavy atom. The maximum atomic E-state index is 8.00. The summed E-state index contributed by atoms with van der Waals surface area (Å²) in [7, 11) is 3.17. The normalized spacial score (nSPS) is 11.4. The van der Waals surface area contributed by atoms with E-state index in [-0.39, 0.29) is 0 Å². The molecule has 0 aromatic heterocycles. The Bertz CT molecular complexity index is 646. The van der Waals surface area contributed by atoms with E-state index in [9.17, 15) is 0 Å². The molecule has 0 aliphatic heterocycles. The highest BCUT2D eigenvalue weighted by Crippen LogP contribution is 2.21. The van der Waals surface area contributed by atoms with Crippen molar-refractivity contribution in [3.63, 3.8) is 0 Å². The van der Waals surface area contributed by atoms with Crippen molar-refractivity contribution in [2.45, 2.75) is 47.5 Å². The Morgan fingerprint density at radius 2 is 1.38 bits per heavy atom. The second-order valence-corrected chi connectivity index (χ2v) is 8.02.